The zero-order valence-corrected chi connectivity index (χ0v) is 13.3. The SMILES string of the molecule is CCOC(=O)C(O)c1ccc(C2CCN(C)CC2)c(Cl)c1. The van der Waals surface area contributed by atoms with Crippen molar-refractivity contribution in [3.63, 3.8) is 0 Å². The van der Waals surface area contributed by atoms with Gasteiger partial charge in [-0.05, 0) is 63.0 Å². The van der Waals surface area contributed by atoms with E-state index in [2.05, 4.69) is 11.9 Å². The van der Waals surface area contributed by atoms with Crippen molar-refractivity contribution in [3.05, 3.63) is 34.3 Å². The van der Waals surface area contributed by atoms with Crippen LogP contribution in [-0.2, 0) is 9.53 Å². The van der Waals surface area contributed by atoms with Gasteiger partial charge >= 0.3 is 5.97 Å². The number of halogens is 1. The van der Waals surface area contributed by atoms with Gasteiger partial charge in [0.1, 0.15) is 0 Å². The van der Waals surface area contributed by atoms with Crippen molar-refractivity contribution >= 4 is 17.6 Å². The number of carbonyl (C=O) groups excluding carboxylic acids is 1. The number of nitrogens with zero attached hydrogens (tertiary/aromatic N) is 1. The quantitative estimate of drug-likeness (QED) is 0.869. The van der Waals surface area contributed by atoms with Gasteiger partial charge in [-0.1, -0.05) is 23.7 Å². The number of ether oxygens (including phenoxy) is 1. The van der Waals surface area contributed by atoms with Gasteiger partial charge in [-0.15, -0.1) is 0 Å². The molecule has 0 saturated carbocycles. The number of aliphatic hydroxyl groups excluding tert-OH is 1. The Balaban J connectivity index is 2.12. The Bertz CT molecular complexity index is 498. The van der Waals surface area contributed by atoms with Gasteiger partial charge in [-0.2, -0.15) is 0 Å². The molecule has 5 heteroatoms. The van der Waals surface area contributed by atoms with Crippen LogP contribution < -0.4 is 0 Å². The van der Waals surface area contributed by atoms with Crippen molar-refractivity contribution in [2.75, 3.05) is 26.7 Å². The number of rotatable bonds is 4. The highest BCUT2D eigenvalue weighted by Crippen LogP contribution is 2.34. The molecule has 1 N–H and O–H groups in total. The van der Waals surface area contributed by atoms with E-state index in [1.165, 1.54) is 0 Å². The molecule has 1 saturated heterocycles. The smallest absolute Gasteiger partial charge is 0.339 e. The van der Waals surface area contributed by atoms with Crippen LogP contribution in [0.5, 0.6) is 0 Å². The zero-order valence-electron chi connectivity index (χ0n) is 12.5. The van der Waals surface area contributed by atoms with E-state index < -0.39 is 12.1 Å². The number of benzene rings is 1. The summed E-state index contributed by atoms with van der Waals surface area (Å²) in [7, 11) is 2.12. The second kappa shape index (κ2) is 7.25. The van der Waals surface area contributed by atoms with Crippen LogP contribution in [0.2, 0.25) is 5.02 Å². The van der Waals surface area contributed by atoms with Crippen molar-refractivity contribution in [3.8, 4) is 0 Å². The van der Waals surface area contributed by atoms with Crippen molar-refractivity contribution in [2.24, 2.45) is 0 Å². The Morgan fingerprint density at radius 2 is 2.14 bits per heavy atom. The van der Waals surface area contributed by atoms with Crippen molar-refractivity contribution in [1.82, 2.24) is 4.90 Å². The molecule has 116 valence electrons. The second-order valence-electron chi connectivity index (χ2n) is 5.51. The summed E-state index contributed by atoms with van der Waals surface area (Å²) in [6, 6.07) is 5.37. The lowest BCUT2D eigenvalue weighted by Gasteiger charge is -2.29. The number of hydrogen-bond acceptors (Lipinski definition) is 4. The standard InChI is InChI=1S/C16H22ClNO3/c1-3-21-16(20)15(19)12-4-5-13(14(17)10-12)11-6-8-18(2)9-7-11/h4-5,10-11,15,19H,3,6-9H2,1-2H3. The van der Waals surface area contributed by atoms with Crippen molar-refractivity contribution < 1.29 is 14.6 Å². The maximum atomic E-state index is 11.6. The fraction of sp³-hybridized carbons (Fsp3) is 0.562. The number of likely N-dealkylation sites (tertiary alicyclic amines) is 1. The lowest BCUT2D eigenvalue weighted by Crippen LogP contribution is -2.29. The number of aliphatic hydroxyl groups is 1. The minimum Gasteiger partial charge on any atom is -0.464 e. The van der Waals surface area contributed by atoms with Crippen LogP contribution in [0.1, 0.15) is 42.9 Å². The van der Waals surface area contributed by atoms with Gasteiger partial charge in [-0.25, -0.2) is 4.79 Å². The molecule has 0 aliphatic carbocycles. The molecule has 2 rings (SSSR count). The van der Waals surface area contributed by atoms with E-state index in [1.54, 1.807) is 19.1 Å². The molecule has 0 amide bonds. The number of hydrogen-bond donors (Lipinski definition) is 1. The minimum atomic E-state index is -1.27. The third-order valence-corrected chi connectivity index (χ3v) is 4.34. The summed E-state index contributed by atoms with van der Waals surface area (Å²) in [6.45, 7) is 4.08. The number of esters is 1. The Labute approximate surface area is 130 Å². The Kier molecular flexibility index (Phi) is 5.62. The molecule has 21 heavy (non-hydrogen) atoms. The van der Waals surface area contributed by atoms with Crippen molar-refractivity contribution in [1.29, 1.82) is 0 Å². The average molecular weight is 312 g/mol. The fourth-order valence-electron chi connectivity index (χ4n) is 2.72. The molecule has 1 aromatic rings. The number of piperidine rings is 1. The van der Waals surface area contributed by atoms with E-state index in [9.17, 15) is 9.90 Å². The summed E-state index contributed by atoms with van der Waals surface area (Å²) in [4.78, 5) is 13.9. The molecule has 0 aromatic heterocycles. The second-order valence-corrected chi connectivity index (χ2v) is 5.92. The summed E-state index contributed by atoms with van der Waals surface area (Å²) < 4.78 is 4.82. The predicted octanol–water partition coefficient (Wildman–Crippen LogP) is 2.75. The molecule has 1 aliphatic heterocycles. The summed E-state index contributed by atoms with van der Waals surface area (Å²) >= 11 is 6.35. The predicted molar refractivity (Wildman–Crippen MR) is 82.5 cm³/mol. The van der Waals surface area contributed by atoms with Crippen molar-refractivity contribution in [2.45, 2.75) is 31.8 Å². The van der Waals surface area contributed by atoms with E-state index in [0.29, 0.717) is 16.5 Å². The zero-order chi connectivity index (χ0) is 15.4. The lowest BCUT2D eigenvalue weighted by molar-refractivity contribution is -0.153. The molecule has 0 radical (unpaired) electrons. The van der Waals surface area contributed by atoms with Gasteiger partial charge < -0.3 is 14.7 Å². The average Bonchev–Trinajstić information content (AvgIpc) is 2.48. The highest BCUT2D eigenvalue weighted by Gasteiger charge is 2.23. The van der Waals surface area contributed by atoms with Crippen LogP contribution in [0.15, 0.2) is 18.2 Å². The van der Waals surface area contributed by atoms with Crippen LogP contribution in [0, 0.1) is 0 Å². The molecule has 4 nitrogen and oxygen atoms in total. The van der Waals surface area contributed by atoms with Gasteiger partial charge in [-0.3, -0.25) is 0 Å². The van der Waals surface area contributed by atoms with Crippen LogP contribution in [-0.4, -0.2) is 42.7 Å². The lowest BCUT2D eigenvalue weighted by atomic mass is 9.88. The number of carbonyl (C=O) groups is 1. The Hall–Kier alpha value is -1.10. The molecule has 0 spiro atoms. The van der Waals surface area contributed by atoms with Gasteiger partial charge in [0, 0.05) is 5.02 Å². The molecule has 1 atom stereocenters. The highest BCUT2D eigenvalue weighted by atomic mass is 35.5. The third kappa shape index (κ3) is 3.96. The molecule has 1 aliphatic rings. The maximum Gasteiger partial charge on any atom is 0.339 e. The molecule has 1 heterocycles. The third-order valence-electron chi connectivity index (χ3n) is 4.01. The maximum absolute atomic E-state index is 11.6. The van der Waals surface area contributed by atoms with Gasteiger partial charge in [0.15, 0.2) is 6.10 Å². The Morgan fingerprint density at radius 1 is 1.48 bits per heavy atom. The monoisotopic (exact) mass is 311 g/mol. The van der Waals surface area contributed by atoms with Crippen LogP contribution in [0.4, 0.5) is 0 Å². The van der Waals surface area contributed by atoms with Crippen LogP contribution >= 0.6 is 11.6 Å². The molecule has 1 fully saturated rings. The van der Waals surface area contributed by atoms with E-state index in [0.717, 1.165) is 31.5 Å². The molecule has 1 unspecified atom stereocenters. The van der Waals surface area contributed by atoms with E-state index in [-0.39, 0.29) is 6.61 Å². The first-order valence-electron chi connectivity index (χ1n) is 7.35. The van der Waals surface area contributed by atoms with E-state index in [1.807, 2.05) is 6.07 Å². The normalized spacial score (nSPS) is 18.5. The first kappa shape index (κ1) is 16.3. The first-order chi connectivity index (χ1) is 10.0. The van der Waals surface area contributed by atoms with Crippen LogP contribution in [0.3, 0.4) is 0 Å². The molecular weight excluding hydrogens is 290 g/mol. The topological polar surface area (TPSA) is 49.8 Å². The molecular formula is C16H22ClNO3. The summed E-state index contributed by atoms with van der Waals surface area (Å²) in [5.41, 5.74) is 1.58. The van der Waals surface area contributed by atoms with Gasteiger partial charge in [0.2, 0.25) is 0 Å². The van der Waals surface area contributed by atoms with E-state index in [4.69, 9.17) is 16.3 Å². The summed E-state index contributed by atoms with van der Waals surface area (Å²) in [5, 5.41) is 10.6. The van der Waals surface area contributed by atoms with Gasteiger partial charge in [0.05, 0.1) is 6.61 Å². The molecule has 1 aromatic carbocycles. The molecule has 0 bridgehead atoms. The summed E-state index contributed by atoms with van der Waals surface area (Å²) in [6.07, 6.45) is 0.889. The first-order valence-corrected chi connectivity index (χ1v) is 7.73. The van der Waals surface area contributed by atoms with E-state index >= 15 is 0 Å². The van der Waals surface area contributed by atoms with Crippen LogP contribution in [0.25, 0.3) is 0 Å². The Morgan fingerprint density at radius 3 is 2.71 bits per heavy atom. The largest absolute Gasteiger partial charge is 0.464 e. The van der Waals surface area contributed by atoms with Gasteiger partial charge in [0.25, 0.3) is 0 Å². The summed E-state index contributed by atoms with van der Waals surface area (Å²) in [5.74, 6) is -0.192. The minimum absolute atomic E-state index is 0.247. The fourth-order valence-corrected chi connectivity index (χ4v) is 3.06. The highest BCUT2D eigenvalue weighted by molar-refractivity contribution is 6.31.